The van der Waals surface area contributed by atoms with Crippen LogP contribution in [-0.2, 0) is 9.53 Å². The third-order valence-corrected chi connectivity index (χ3v) is 3.06. The van der Waals surface area contributed by atoms with Crippen LogP contribution in [0.1, 0.15) is 32.1 Å². The molecule has 0 saturated heterocycles. The Morgan fingerprint density at radius 1 is 1.32 bits per heavy atom. The standard InChI is InChI=1S/C12H22N2O5/c15-7-5-10(11(16)17)14-12(18)13-6-8-19-9-3-1-2-4-9/h9-10,15H,1-8H2,(H,16,17)(H2,13,14,18)/t10-/m1/s1. The van der Waals surface area contributed by atoms with Crippen molar-refractivity contribution in [2.45, 2.75) is 44.2 Å². The number of aliphatic hydroxyl groups is 1. The number of amides is 2. The number of ether oxygens (including phenoxy) is 1. The summed E-state index contributed by atoms with van der Waals surface area (Å²) in [4.78, 5) is 22.2. The zero-order valence-corrected chi connectivity index (χ0v) is 10.9. The van der Waals surface area contributed by atoms with E-state index in [4.69, 9.17) is 14.9 Å². The first kappa shape index (κ1) is 15.7. The molecule has 1 fully saturated rings. The van der Waals surface area contributed by atoms with Crippen molar-refractivity contribution in [2.24, 2.45) is 0 Å². The highest BCUT2D eigenvalue weighted by Gasteiger charge is 2.19. The number of carbonyl (C=O) groups excluding carboxylic acids is 1. The number of carboxylic acid groups (broad SMARTS) is 1. The molecule has 4 N–H and O–H groups in total. The van der Waals surface area contributed by atoms with Crippen molar-refractivity contribution in [3.05, 3.63) is 0 Å². The van der Waals surface area contributed by atoms with Crippen LogP contribution in [0.4, 0.5) is 4.79 Å². The number of carbonyl (C=O) groups is 2. The number of rotatable bonds is 8. The molecule has 1 aliphatic rings. The lowest BCUT2D eigenvalue weighted by Gasteiger charge is -2.15. The van der Waals surface area contributed by atoms with Gasteiger partial charge in [-0.3, -0.25) is 0 Å². The zero-order valence-electron chi connectivity index (χ0n) is 10.9. The Labute approximate surface area is 112 Å². The van der Waals surface area contributed by atoms with E-state index >= 15 is 0 Å². The monoisotopic (exact) mass is 274 g/mol. The van der Waals surface area contributed by atoms with Crippen LogP contribution in [0.25, 0.3) is 0 Å². The number of urea groups is 1. The van der Waals surface area contributed by atoms with Crippen LogP contribution in [-0.4, -0.2) is 54.1 Å². The van der Waals surface area contributed by atoms with Gasteiger partial charge in [0, 0.05) is 19.6 Å². The smallest absolute Gasteiger partial charge is 0.326 e. The molecule has 0 aromatic carbocycles. The fraction of sp³-hybridized carbons (Fsp3) is 0.833. The zero-order chi connectivity index (χ0) is 14.1. The van der Waals surface area contributed by atoms with Gasteiger partial charge in [0.25, 0.3) is 0 Å². The van der Waals surface area contributed by atoms with Gasteiger partial charge in [0.2, 0.25) is 0 Å². The molecule has 7 heteroatoms. The number of hydrogen-bond acceptors (Lipinski definition) is 4. The number of aliphatic carboxylic acids is 1. The summed E-state index contributed by atoms with van der Waals surface area (Å²) in [5.41, 5.74) is 0. The van der Waals surface area contributed by atoms with Gasteiger partial charge in [-0.15, -0.1) is 0 Å². The first-order chi connectivity index (χ1) is 9.13. The van der Waals surface area contributed by atoms with Crippen LogP contribution in [0.15, 0.2) is 0 Å². The Hall–Kier alpha value is -1.34. The molecule has 0 aromatic heterocycles. The fourth-order valence-corrected chi connectivity index (χ4v) is 2.04. The minimum Gasteiger partial charge on any atom is -0.480 e. The molecular weight excluding hydrogens is 252 g/mol. The summed E-state index contributed by atoms with van der Waals surface area (Å²) in [6, 6.07) is -1.63. The Bertz CT molecular complexity index is 292. The molecule has 0 heterocycles. The molecule has 19 heavy (non-hydrogen) atoms. The van der Waals surface area contributed by atoms with Crippen LogP contribution < -0.4 is 10.6 Å². The third-order valence-electron chi connectivity index (χ3n) is 3.06. The quantitative estimate of drug-likeness (QED) is 0.469. The molecule has 1 rings (SSSR count). The van der Waals surface area contributed by atoms with Crippen molar-refractivity contribution < 1.29 is 24.5 Å². The van der Waals surface area contributed by atoms with E-state index in [2.05, 4.69) is 10.6 Å². The Kier molecular flexibility index (Phi) is 7.20. The minimum absolute atomic E-state index is 0.0126. The highest BCUT2D eigenvalue weighted by molar-refractivity contribution is 5.82. The number of nitrogens with one attached hydrogen (secondary N) is 2. The van der Waals surface area contributed by atoms with Crippen molar-refractivity contribution in [3.63, 3.8) is 0 Å². The number of aliphatic hydroxyl groups excluding tert-OH is 1. The fourth-order valence-electron chi connectivity index (χ4n) is 2.04. The molecule has 0 aromatic rings. The second-order valence-electron chi connectivity index (χ2n) is 4.58. The van der Waals surface area contributed by atoms with Gasteiger partial charge in [-0.05, 0) is 12.8 Å². The van der Waals surface area contributed by atoms with Crippen LogP contribution in [0.5, 0.6) is 0 Å². The van der Waals surface area contributed by atoms with Gasteiger partial charge >= 0.3 is 12.0 Å². The molecule has 2 amide bonds. The van der Waals surface area contributed by atoms with Crippen LogP contribution >= 0.6 is 0 Å². The highest BCUT2D eigenvalue weighted by Crippen LogP contribution is 2.20. The van der Waals surface area contributed by atoms with Crippen molar-refractivity contribution in [1.29, 1.82) is 0 Å². The third kappa shape index (κ3) is 6.40. The molecule has 1 saturated carbocycles. The SMILES string of the molecule is O=C(NCCOC1CCCC1)N[C@H](CCO)C(=O)O. The second kappa shape index (κ2) is 8.71. The maximum atomic E-state index is 11.4. The second-order valence-corrected chi connectivity index (χ2v) is 4.58. The van der Waals surface area contributed by atoms with E-state index in [9.17, 15) is 9.59 Å². The summed E-state index contributed by atoms with van der Waals surface area (Å²) in [6.07, 6.45) is 4.82. The highest BCUT2D eigenvalue weighted by atomic mass is 16.5. The largest absolute Gasteiger partial charge is 0.480 e. The van der Waals surface area contributed by atoms with Crippen molar-refractivity contribution >= 4 is 12.0 Å². The average molecular weight is 274 g/mol. The summed E-state index contributed by atoms with van der Waals surface area (Å²) >= 11 is 0. The van der Waals surface area contributed by atoms with E-state index in [-0.39, 0.29) is 13.0 Å². The van der Waals surface area contributed by atoms with Crippen molar-refractivity contribution in [1.82, 2.24) is 10.6 Å². The first-order valence-corrected chi connectivity index (χ1v) is 6.63. The molecule has 0 unspecified atom stereocenters. The summed E-state index contributed by atoms with van der Waals surface area (Å²) in [6.45, 7) is 0.478. The molecule has 0 bridgehead atoms. The van der Waals surface area contributed by atoms with Crippen LogP contribution in [0.3, 0.4) is 0 Å². The van der Waals surface area contributed by atoms with Gasteiger partial charge in [0.1, 0.15) is 6.04 Å². The van der Waals surface area contributed by atoms with E-state index < -0.39 is 18.0 Å². The molecule has 0 aliphatic heterocycles. The van der Waals surface area contributed by atoms with Crippen LogP contribution in [0.2, 0.25) is 0 Å². The lowest BCUT2D eigenvalue weighted by molar-refractivity contribution is -0.139. The van der Waals surface area contributed by atoms with Crippen molar-refractivity contribution in [2.75, 3.05) is 19.8 Å². The minimum atomic E-state index is -1.16. The van der Waals surface area contributed by atoms with Crippen molar-refractivity contribution in [3.8, 4) is 0 Å². The molecule has 0 radical (unpaired) electrons. The van der Waals surface area contributed by atoms with Gasteiger partial charge < -0.3 is 25.6 Å². The maximum absolute atomic E-state index is 11.4. The van der Waals surface area contributed by atoms with Gasteiger partial charge in [0.15, 0.2) is 0 Å². The molecule has 0 spiro atoms. The summed E-state index contributed by atoms with van der Waals surface area (Å²) in [5, 5.41) is 22.3. The van der Waals surface area contributed by atoms with E-state index in [1.807, 2.05) is 0 Å². The lowest BCUT2D eigenvalue weighted by atomic mass is 10.2. The van der Waals surface area contributed by atoms with E-state index in [0.717, 1.165) is 12.8 Å². The summed E-state index contributed by atoms with van der Waals surface area (Å²) in [5.74, 6) is -1.16. The summed E-state index contributed by atoms with van der Waals surface area (Å²) in [7, 11) is 0. The van der Waals surface area contributed by atoms with E-state index in [0.29, 0.717) is 19.3 Å². The predicted octanol–water partition coefficient (Wildman–Crippen LogP) is 0.0804. The number of hydrogen-bond donors (Lipinski definition) is 4. The van der Waals surface area contributed by atoms with Gasteiger partial charge in [-0.2, -0.15) is 0 Å². The van der Waals surface area contributed by atoms with Gasteiger partial charge in [0.05, 0.1) is 12.7 Å². The number of carboxylic acids is 1. The van der Waals surface area contributed by atoms with Gasteiger partial charge in [-0.25, -0.2) is 9.59 Å². The Balaban J connectivity index is 2.10. The van der Waals surface area contributed by atoms with Gasteiger partial charge in [-0.1, -0.05) is 12.8 Å². The topological polar surface area (TPSA) is 108 Å². The summed E-state index contributed by atoms with van der Waals surface area (Å²) < 4.78 is 5.55. The van der Waals surface area contributed by atoms with E-state index in [1.54, 1.807) is 0 Å². The van der Waals surface area contributed by atoms with Crippen LogP contribution in [0, 0.1) is 0 Å². The molecule has 110 valence electrons. The average Bonchev–Trinajstić information content (AvgIpc) is 2.87. The maximum Gasteiger partial charge on any atom is 0.326 e. The Morgan fingerprint density at radius 2 is 2.00 bits per heavy atom. The normalized spacial score (nSPS) is 17.1. The molecule has 1 atom stereocenters. The first-order valence-electron chi connectivity index (χ1n) is 6.63. The molecular formula is C12H22N2O5. The Morgan fingerprint density at radius 3 is 2.58 bits per heavy atom. The lowest BCUT2D eigenvalue weighted by Crippen LogP contribution is -2.47. The predicted molar refractivity (Wildman–Crippen MR) is 67.9 cm³/mol. The molecule has 1 aliphatic carbocycles. The molecule has 7 nitrogen and oxygen atoms in total. The van der Waals surface area contributed by atoms with E-state index in [1.165, 1.54) is 12.8 Å².